The molecule has 0 spiro atoms. The molecule has 0 saturated carbocycles. The van der Waals surface area contributed by atoms with Gasteiger partial charge < -0.3 is 9.84 Å². The fourth-order valence-electron chi connectivity index (χ4n) is 0.657. The summed E-state index contributed by atoms with van der Waals surface area (Å²) in [5.41, 5.74) is 0. The summed E-state index contributed by atoms with van der Waals surface area (Å²) in [6.45, 7) is 0. The Morgan fingerprint density at radius 2 is 1.36 bits per heavy atom. The van der Waals surface area contributed by atoms with E-state index in [1.807, 2.05) is 0 Å². The smallest absolute Gasteiger partial charge is 0.367 e. The van der Waals surface area contributed by atoms with Gasteiger partial charge in [-0.25, -0.2) is 0 Å². The first-order valence-corrected chi connectivity index (χ1v) is 3.02. The highest BCUT2D eigenvalue weighted by Gasteiger charge is 2.69. The van der Waals surface area contributed by atoms with E-state index in [2.05, 4.69) is 4.74 Å². The summed E-state index contributed by atoms with van der Waals surface area (Å²) in [7, 11) is 0.203. The first-order valence-electron chi connectivity index (χ1n) is 3.02. The largest absolute Gasteiger partial charge is 0.456 e. The highest BCUT2D eigenvalue weighted by molar-refractivity contribution is 4.89. The van der Waals surface area contributed by atoms with Gasteiger partial charge in [0.05, 0.1) is 0 Å². The molecule has 0 amide bonds. The van der Waals surface area contributed by atoms with Crippen molar-refractivity contribution in [2.45, 2.75) is 24.3 Å². The number of methoxy groups -OCH3 is 1. The average Bonchev–Trinajstić information content (AvgIpc) is 1.80. The summed E-state index contributed by atoms with van der Waals surface area (Å²) in [5, 5.41) is 7.74. The quantitative estimate of drug-likeness (QED) is 0.749. The molecule has 0 aromatic heterocycles. The van der Waals surface area contributed by atoms with Gasteiger partial charge in [0.2, 0.25) is 6.10 Å². The van der Waals surface area contributed by atoms with Crippen LogP contribution >= 0.6 is 0 Å². The standard InChI is InChI=1S/C5H5F7O2/c1-14-2(4(8,9)13)3(6,7)5(10,11)12/h2,13H,1H3. The lowest BCUT2D eigenvalue weighted by Gasteiger charge is -2.29. The molecule has 0 saturated heterocycles. The van der Waals surface area contributed by atoms with Gasteiger partial charge >= 0.3 is 18.2 Å². The molecule has 0 heterocycles. The van der Waals surface area contributed by atoms with Crippen LogP contribution in [0.2, 0.25) is 0 Å². The summed E-state index contributed by atoms with van der Waals surface area (Å²) < 4.78 is 85.9. The monoisotopic (exact) mass is 230 g/mol. The van der Waals surface area contributed by atoms with Gasteiger partial charge in [-0.1, -0.05) is 0 Å². The Bertz CT molecular complexity index is 193. The number of hydrogen-bond donors (Lipinski definition) is 1. The van der Waals surface area contributed by atoms with Crippen molar-refractivity contribution in [1.29, 1.82) is 0 Å². The first kappa shape index (κ1) is 13.4. The van der Waals surface area contributed by atoms with Gasteiger partial charge in [-0.15, -0.1) is 0 Å². The predicted molar refractivity (Wildman–Crippen MR) is 29.0 cm³/mol. The van der Waals surface area contributed by atoms with Crippen molar-refractivity contribution in [3.63, 3.8) is 0 Å². The molecule has 0 bridgehead atoms. The van der Waals surface area contributed by atoms with Crippen LogP contribution < -0.4 is 0 Å². The SMILES string of the molecule is COC(C(O)(F)F)C(F)(F)C(F)(F)F. The number of hydrogen-bond acceptors (Lipinski definition) is 2. The van der Waals surface area contributed by atoms with E-state index in [1.54, 1.807) is 0 Å². The van der Waals surface area contributed by atoms with E-state index in [0.717, 1.165) is 0 Å². The summed E-state index contributed by atoms with van der Waals surface area (Å²) in [4.78, 5) is 0. The number of ether oxygens (including phenoxy) is 1. The summed E-state index contributed by atoms with van der Waals surface area (Å²) in [5.74, 6) is -5.83. The van der Waals surface area contributed by atoms with Crippen LogP contribution in [0.3, 0.4) is 0 Å². The fourth-order valence-corrected chi connectivity index (χ4v) is 0.657. The van der Waals surface area contributed by atoms with Gasteiger partial charge in [-0.05, 0) is 0 Å². The van der Waals surface area contributed by atoms with Crippen molar-refractivity contribution in [3.8, 4) is 0 Å². The van der Waals surface area contributed by atoms with Gasteiger partial charge in [0.25, 0.3) is 0 Å². The molecular formula is C5H5F7O2. The molecule has 0 aromatic carbocycles. The summed E-state index contributed by atoms with van der Waals surface area (Å²) in [6.07, 6.45) is -15.5. The predicted octanol–water partition coefficient (Wildman–Crippen LogP) is 1.78. The van der Waals surface area contributed by atoms with Gasteiger partial charge in [-0.3, -0.25) is 0 Å². The zero-order valence-electron chi connectivity index (χ0n) is 6.58. The van der Waals surface area contributed by atoms with Crippen LogP contribution in [0.4, 0.5) is 30.7 Å². The molecule has 14 heavy (non-hydrogen) atoms. The number of halogens is 7. The Hall–Kier alpha value is -0.570. The molecule has 0 fully saturated rings. The molecule has 0 aliphatic carbocycles. The maximum absolute atomic E-state index is 12.2. The Morgan fingerprint density at radius 1 is 1.00 bits per heavy atom. The third-order valence-electron chi connectivity index (χ3n) is 1.26. The van der Waals surface area contributed by atoms with Crippen LogP contribution in [0.5, 0.6) is 0 Å². The van der Waals surface area contributed by atoms with E-state index >= 15 is 0 Å². The Morgan fingerprint density at radius 3 is 1.43 bits per heavy atom. The molecular weight excluding hydrogens is 225 g/mol. The van der Waals surface area contributed by atoms with Crippen LogP contribution in [0.1, 0.15) is 0 Å². The molecule has 9 heteroatoms. The number of aliphatic hydroxyl groups is 1. The normalized spacial score (nSPS) is 16.9. The molecule has 1 N–H and O–H groups in total. The van der Waals surface area contributed by atoms with Crippen LogP contribution in [0.25, 0.3) is 0 Å². The topological polar surface area (TPSA) is 29.5 Å². The third-order valence-corrected chi connectivity index (χ3v) is 1.26. The minimum absolute atomic E-state index is 0.203. The molecule has 1 unspecified atom stereocenters. The van der Waals surface area contributed by atoms with Crippen molar-refractivity contribution >= 4 is 0 Å². The van der Waals surface area contributed by atoms with E-state index in [-0.39, 0.29) is 7.11 Å². The molecule has 0 aliphatic rings. The maximum atomic E-state index is 12.2. The molecule has 1 atom stereocenters. The van der Waals surface area contributed by atoms with Gasteiger partial charge in [0, 0.05) is 7.11 Å². The zero-order chi connectivity index (χ0) is 11.8. The van der Waals surface area contributed by atoms with Crippen molar-refractivity contribution in [2.24, 2.45) is 0 Å². The molecule has 0 aliphatic heterocycles. The Kier molecular flexibility index (Phi) is 3.39. The van der Waals surface area contributed by atoms with Gasteiger partial charge in [0.1, 0.15) is 0 Å². The molecule has 0 aromatic rings. The maximum Gasteiger partial charge on any atom is 0.456 e. The van der Waals surface area contributed by atoms with E-state index in [1.165, 1.54) is 0 Å². The van der Waals surface area contributed by atoms with E-state index < -0.39 is 24.3 Å². The second kappa shape index (κ2) is 3.54. The average molecular weight is 230 g/mol. The van der Waals surface area contributed by atoms with Crippen molar-refractivity contribution in [1.82, 2.24) is 0 Å². The van der Waals surface area contributed by atoms with Crippen LogP contribution in [0, 0.1) is 0 Å². The van der Waals surface area contributed by atoms with Crippen molar-refractivity contribution in [2.75, 3.05) is 7.11 Å². The highest BCUT2D eigenvalue weighted by atomic mass is 19.4. The minimum Gasteiger partial charge on any atom is -0.367 e. The lowest BCUT2D eigenvalue weighted by molar-refractivity contribution is -0.379. The van der Waals surface area contributed by atoms with Crippen LogP contribution in [0.15, 0.2) is 0 Å². The summed E-state index contributed by atoms with van der Waals surface area (Å²) >= 11 is 0. The number of alkyl halides is 7. The lowest BCUT2D eigenvalue weighted by atomic mass is 10.1. The summed E-state index contributed by atoms with van der Waals surface area (Å²) in [6, 6.07) is 0. The molecule has 2 nitrogen and oxygen atoms in total. The second-order valence-electron chi connectivity index (χ2n) is 2.32. The van der Waals surface area contributed by atoms with Crippen LogP contribution in [-0.4, -0.2) is 36.5 Å². The lowest BCUT2D eigenvalue weighted by Crippen LogP contribution is -2.56. The van der Waals surface area contributed by atoms with Gasteiger partial charge in [0.15, 0.2) is 0 Å². The van der Waals surface area contributed by atoms with E-state index in [0.29, 0.717) is 0 Å². The van der Waals surface area contributed by atoms with Crippen LogP contribution in [-0.2, 0) is 4.74 Å². The van der Waals surface area contributed by atoms with Gasteiger partial charge in [-0.2, -0.15) is 30.7 Å². The Labute approximate surface area is 73.3 Å². The molecule has 0 radical (unpaired) electrons. The minimum atomic E-state index is -6.22. The highest BCUT2D eigenvalue weighted by Crippen LogP contribution is 2.43. The van der Waals surface area contributed by atoms with Crippen molar-refractivity contribution < 1.29 is 40.6 Å². The molecule has 86 valence electrons. The fraction of sp³-hybridized carbons (Fsp3) is 1.00. The van der Waals surface area contributed by atoms with E-state index in [9.17, 15) is 30.7 Å². The zero-order valence-corrected chi connectivity index (χ0v) is 6.58. The van der Waals surface area contributed by atoms with Crippen molar-refractivity contribution in [3.05, 3.63) is 0 Å². The molecule has 0 rings (SSSR count). The first-order chi connectivity index (χ1) is 5.94. The second-order valence-corrected chi connectivity index (χ2v) is 2.32. The Balaban J connectivity index is 5.04. The third kappa shape index (κ3) is 2.47. The van der Waals surface area contributed by atoms with E-state index in [4.69, 9.17) is 5.11 Å². The number of rotatable bonds is 3.